The molecule has 0 unspecified atom stereocenters. The molecule has 0 radical (unpaired) electrons. The molecule has 1 N–H and O–H groups in total. The molecule has 0 fully saturated rings. The van der Waals surface area contributed by atoms with Crippen molar-refractivity contribution in [1.29, 1.82) is 0 Å². The number of carbonyl (C=O) groups excluding carboxylic acids is 1. The van der Waals surface area contributed by atoms with Gasteiger partial charge in [-0.15, -0.1) is 11.3 Å². The molecule has 0 saturated carbocycles. The number of anilines is 1. The minimum Gasteiger partial charge on any atom is -0.320 e. The monoisotopic (exact) mass is 472 g/mol. The van der Waals surface area contributed by atoms with Gasteiger partial charge < -0.3 is 5.32 Å². The van der Waals surface area contributed by atoms with Gasteiger partial charge in [-0.05, 0) is 41.2 Å². The van der Waals surface area contributed by atoms with Crippen LogP contribution in [0.15, 0.2) is 53.9 Å². The van der Waals surface area contributed by atoms with Crippen molar-refractivity contribution in [3.8, 4) is 10.6 Å². The minimum atomic E-state index is -4.70. The van der Waals surface area contributed by atoms with Gasteiger partial charge in [-0.25, -0.2) is 9.50 Å². The topological polar surface area (TPSA) is 59.3 Å². The summed E-state index contributed by atoms with van der Waals surface area (Å²) in [4.78, 5) is 17.3. The lowest BCUT2D eigenvalue weighted by molar-refractivity contribution is -0.136. The van der Waals surface area contributed by atoms with E-state index in [4.69, 9.17) is 11.6 Å². The van der Waals surface area contributed by atoms with Crippen LogP contribution in [0.1, 0.15) is 21.7 Å². The maximum atomic E-state index is 14.0. The van der Waals surface area contributed by atoms with E-state index in [0.29, 0.717) is 9.39 Å². The van der Waals surface area contributed by atoms with Crippen LogP contribution in [-0.4, -0.2) is 20.5 Å². The molecule has 1 amide bonds. The van der Waals surface area contributed by atoms with E-state index in [9.17, 15) is 26.7 Å². The standard InChI is InChI=1S/C19H10ClF5N4OS/c20-18(21,22)15-8-12(14-6-3-7-31-14)26-16-9-13(28-29(15)16)17(30)27-11-5-2-1-4-10(11)19(23,24)25/h1-9H,(H,27,30). The third-order valence-electron chi connectivity index (χ3n) is 4.20. The molecule has 0 aliphatic carbocycles. The van der Waals surface area contributed by atoms with E-state index in [2.05, 4.69) is 15.4 Å². The van der Waals surface area contributed by atoms with Gasteiger partial charge in [0.15, 0.2) is 11.3 Å². The molecular weight excluding hydrogens is 463 g/mol. The summed E-state index contributed by atoms with van der Waals surface area (Å²) in [6.45, 7) is 0. The number of fused-ring (bicyclic) bond motifs is 1. The van der Waals surface area contributed by atoms with Crippen molar-refractivity contribution >= 4 is 40.2 Å². The van der Waals surface area contributed by atoms with Gasteiger partial charge in [0.05, 0.1) is 21.8 Å². The number of amides is 1. The Hall–Kier alpha value is -3.05. The van der Waals surface area contributed by atoms with Crippen LogP contribution in [0.5, 0.6) is 0 Å². The van der Waals surface area contributed by atoms with Crippen molar-refractivity contribution < 1.29 is 26.7 Å². The van der Waals surface area contributed by atoms with Gasteiger partial charge in [-0.1, -0.05) is 18.2 Å². The summed E-state index contributed by atoms with van der Waals surface area (Å²) in [5.41, 5.74) is -2.62. The third-order valence-corrected chi connectivity index (χ3v) is 5.29. The molecule has 1 aromatic carbocycles. The lowest BCUT2D eigenvalue weighted by Crippen LogP contribution is -2.17. The second kappa shape index (κ2) is 7.57. The van der Waals surface area contributed by atoms with E-state index in [-0.39, 0.29) is 11.3 Å². The number of para-hydroxylation sites is 1. The number of nitrogens with zero attached hydrogens (tertiary/aromatic N) is 3. The van der Waals surface area contributed by atoms with Gasteiger partial charge in [0, 0.05) is 6.07 Å². The normalized spacial score (nSPS) is 12.3. The van der Waals surface area contributed by atoms with Crippen LogP contribution < -0.4 is 5.32 Å². The Morgan fingerprint density at radius 2 is 1.81 bits per heavy atom. The molecule has 4 aromatic rings. The van der Waals surface area contributed by atoms with Crippen LogP contribution in [0.4, 0.5) is 27.6 Å². The fourth-order valence-corrected chi connectivity index (χ4v) is 3.68. The van der Waals surface area contributed by atoms with Gasteiger partial charge in [-0.2, -0.15) is 27.1 Å². The lowest BCUT2D eigenvalue weighted by Gasteiger charge is -2.12. The molecule has 0 aliphatic heterocycles. The number of carbonyl (C=O) groups is 1. The Labute approximate surface area is 180 Å². The molecule has 0 atom stereocenters. The summed E-state index contributed by atoms with van der Waals surface area (Å²) >= 11 is 6.47. The molecule has 3 heterocycles. The van der Waals surface area contributed by atoms with E-state index in [1.807, 2.05) is 0 Å². The van der Waals surface area contributed by atoms with Crippen LogP contribution in [-0.2, 0) is 11.6 Å². The molecule has 0 spiro atoms. The van der Waals surface area contributed by atoms with Gasteiger partial charge in [0.2, 0.25) is 0 Å². The predicted octanol–water partition coefficient (Wildman–Crippen LogP) is 6.02. The molecule has 31 heavy (non-hydrogen) atoms. The average Bonchev–Trinajstić information content (AvgIpc) is 3.35. The first-order valence-electron chi connectivity index (χ1n) is 8.53. The molecular formula is C19H10ClF5N4OS. The number of rotatable bonds is 4. The van der Waals surface area contributed by atoms with Crippen molar-refractivity contribution in [3.05, 3.63) is 70.9 Å². The SMILES string of the molecule is O=C(Nc1ccccc1C(F)(F)F)c1cc2nc(-c3cccs3)cc(C(F)(F)Cl)n2n1. The molecule has 5 nitrogen and oxygen atoms in total. The Kier molecular flexibility index (Phi) is 5.18. The fraction of sp³-hybridized carbons (Fsp3) is 0.105. The molecule has 0 aliphatic rings. The maximum absolute atomic E-state index is 14.0. The van der Waals surface area contributed by atoms with Crippen LogP contribution in [0.3, 0.4) is 0 Å². The van der Waals surface area contributed by atoms with Crippen molar-refractivity contribution in [2.24, 2.45) is 0 Å². The van der Waals surface area contributed by atoms with Gasteiger partial charge in [0.1, 0.15) is 5.69 Å². The highest BCUT2D eigenvalue weighted by Crippen LogP contribution is 2.36. The van der Waals surface area contributed by atoms with E-state index < -0.39 is 40.1 Å². The van der Waals surface area contributed by atoms with E-state index in [1.54, 1.807) is 17.5 Å². The van der Waals surface area contributed by atoms with E-state index in [1.165, 1.54) is 23.5 Å². The number of halogens is 6. The van der Waals surface area contributed by atoms with Crippen molar-refractivity contribution in [3.63, 3.8) is 0 Å². The number of thiophene rings is 1. The first-order valence-corrected chi connectivity index (χ1v) is 9.79. The highest BCUT2D eigenvalue weighted by molar-refractivity contribution is 7.13. The molecule has 4 rings (SSSR count). The van der Waals surface area contributed by atoms with E-state index in [0.717, 1.165) is 24.3 Å². The third kappa shape index (κ3) is 4.23. The molecule has 0 bridgehead atoms. The number of alkyl halides is 6. The second-order valence-corrected chi connectivity index (χ2v) is 7.72. The van der Waals surface area contributed by atoms with Crippen molar-refractivity contribution in [2.45, 2.75) is 11.6 Å². The molecule has 12 heteroatoms. The zero-order valence-electron chi connectivity index (χ0n) is 15.1. The Bertz CT molecular complexity index is 1260. The highest BCUT2D eigenvalue weighted by atomic mass is 35.5. The zero-order valence-corrected chi connectivity index (χ0v) is 16.7. The lowest BCUT2D eigenvalue weighted by atomic mass is 10.1. The van der Waals surface area contributed by atoms with Crippen molar-refractivity contribution in [2.75, 3.05) is 5.32 Å². The molecule has 160 valence electrons. The van der Waals surface area contributed by atoms with E-state index >= 15 is 0 Å². The number of aromatic nitrogens is 3. The number of hydrogen-bond donors (Lipinski definition) is 1. The summed E-state index contributed by atoms with van der Waals surface area (Å²) in [7, 11) is 0. The van der Waals surface area contributed by atoms with Crippen molar-refractivity contribution in [1.82, 2.24) is 14.6 Å². The quantitative estimate of drug-likeness (QED) is 0.292. The highest BCUT2D eigenvalue weighted by Gasteiger charge is 2.35. The summed E-state index contributed by atoms with van der Waals surface area (Å²) in [5.74, 6) is -1.02. The summed E-state index contributed by atoms with van der Waals surface area (Å²) in [6.07, 6.45) is -4.70. The van der Waals surface area contributed by atoms with Crippen LogP contribution in [0.2, 0.25) is 0 Å². The molecule has 3 aromatic heterocycles. The first-order chi connectivity index (χ1) is 14.5. The van der Waals surface area contributed by atoms with Gasteiger partial charge >= 0.3 is 11.6 Å². The zero-order chi connectivity index (χ0) is 22.4. The Balaban J connectivity index is 1.77. The largest absolute Gasteiger partial charge is 0.418 e. The second-order valence-electron chi connectivity index (χ2n) is 6.30. The fourth-order valence-electron chi connectivity index (χ4n) is 2.86. The molecule has 0 saturated heterocycles. The Morgan fingerprint density at radius 3 is 2.45 bits per heavy atom. The van der Waals surface area contributed by atoms with Crippen LogP contribution in [0.25, 0.3) is 16.2 Å². The summed E-state index contributed by atoms with van der Waals surface area (Å²) in [6, 6.07) is 9.87. The summed E-state index contributed by atoms with van der Waals surface area (Å²) < 4.78 is 68.2. The average molecular weight is 473 g/mol. The Morgan fingerprint density at radius 1 is 1.06 bits per heavy atom. The number of benzene rings is 1. The smallest absolute Gasteiger partial charge is 0.320 e. The number of hydrogen-bond acceptors (Lipinski definition) is 4. The summed E-state index contributed by atoms with van der Waals surface area (Å²) in [5, 5.41) is 3.79. The maximum Gasteiger partial charge on any atom is 0.418 e. The van der Waals surface area contributed by atoms with Gasteiger partial charge in [0.25, 0.3) is 5.91 Å². The van der Waals surface area contributed by atoms with Gasteiger partial charge in [-0.3, -0.25) is 4.79 Å². The number of nitrogens with one attached hydrogen (secondary N) is 1. The predicted molar refractivity (Wildman–Crippen MR) is 105 cm³/mol. The minimum absolute atomic E-state index is 0.115. The first kappa shape index (κ1) is 21.2. The van der Waals surface area contributed by atoms with Crippen LogP contribution in [0, 0.1) is 0 Å². The van der Waals surface area contributed by atoms with Crippen LogP contribution >= 0.6 is 22.9 Å².